The standard InChI is InChI=1S/C32H42N2O/c1-4-10-26(27-20-22-34(23-21-27)25(2)3)13-8-14-31(29-16-18-30(33)19-17-29)32(15-9-24-35)28-11-6-5-7-12-28/h4-8,10-14,16-19,25,27,35H,9,15,20-24,33H2,1-3H3/b10-4-,14-8+,26-13+,32-31+. The highest BCUT2D eigenvalue weighted by molar-refractivity contribution is 5.95. The maximum Gasteiger partial charge on any atom is 0.0434 e. The molecule has 0 spiro atoms. The minimum atomic E-state index is 0.176. The number of likely N-dealkylation sites (tertiary alicyclic amines) is 1. The van der Waals surface area contributed by atoms with Crippen LogP contribution in [0.3, 0.4) is 0 Å². The minimum Gasteiger partial charge on any atom is -0.399 e. The monoisotopic (exact) mass is 470 g/mol. The van der Waals surface area contributed by atoms with Crippen molar-refractivity contribution in [3.63, 3.8) is 0 Å². The summed E-state index contributed by atoms with van der Waals surface area (Å²) in [5.74, 6) is 0.595. The van der Waals surface area contributed by atoms with Crippen molar-refractivity contribution < 1.29 is 5.11 Å². The van der Waals surface area contributed by atoms with Gasteiger partial charge in [0.1, 0.15) is 0 Å². The lowest BCUT2D eigenvalue weighted by atomic mass is 9.87. The Balaban J connectivity index is 1.98. The van der Waals surface area contributed by atoms with Gasteiger partial charge < -0.3 is 15.7 Å². The highest BCUT2D eigenvalue weighted by atomic mass is 16.2. The molecule has 1 heterocycles. The van der Waals surface area contributed by atoms with Crippen molar-refractivity contribution in [2.24, 2.45) is 5.92 Å². The van der Waals surface area contributed by atoms with E-state index < -0.39 is 0 Å². The van der Waals surface area contributed by atoms with Crippen LogP contribution in [0.4, 0.5) is 5.69 Å². The topological polar surface area (TPSA) is 49.5 Å². The van der Waals surface area contributed by atoms with Crippen LogP contribution in [0.5, 0.6) is 0 Å². The molecule has 0 aliphatic carbocycles. The summed E-state index contributed by atoms with van der Waals surface area (Å²) >= 11 is 0. The van der Waals surface area contributed by atoms with Gasteiger partial charge in [0, 0.05) is 18.3 Å². The average molecular weight is 471 g/mol. The number of piperidine rings is 1. The van der Waals surface area contributed by atoms with Crippen molar-refractivity contribution in [1.82, 2.24) is 4.90 Å². The van der Waals surface area contributed by atoms with Crippen LogP contribution in [-0.2, 0) is 0 Å². The third kappa shape index (κ3) is 7.81. The zero-order chi connectivity index (χ0) is 25.0. The summed E-state index contributed by atoms with van der Waals surface area (Å²) in [7, 11) is 0. The van der Waals surface area contributed by atoms with Crippen LogP contribution in [0, 0.1) is 5.92 Å². The van der Waals surface area contributed by atoms with Gasteiger partial charge in [-0.15, -0.1) is 0 Å². The average Bonchev–Trinajstić information content (AvgIpc) is 2.88. The van der Waals surface area contributed by atoms with Gasteiger partial charge in [0.25, 0.3) is 0 Å². The van der Waals surface area contributed by atoms with Crippen molar-refractivity contribution in [2.75, 3.05) is 25.4 Å². The molecule has 0 unspecified atom stereocenters. The van der Waals surface area contributed by atoms with E-state index in [4.69, 9.17) is 5.73 Å². The Labute approximate surface area is 212 Å². The molecule has 0 radical (unpaired) electrons. The lowest BCUT2D eigenvalue weighted by molar-refractivity contribution is 0.162. The predicted octanol–water partition coefficient (Wildman–Crippen LogP) is 7.13. The number of aliphatic hydroxyl groups excluding tert-OH is 1. The van der Waals surface area contributed by atoms with Crippen LogP contribution >= 0.6 is 0 Å². The third-order valence-corrected chi connectivity index (χ3v) is 6.90. The molecule has 3 heteroatoms. The van der Waals surface area contributed by atoms with Gasteiger partial charge in [-0.05, 0) is 105 Å². The number of hydrogen-bond acceptors (Lipinski definition) is 3. The first kappa shape index (κ1) is 26.7. The van der Waals surface area contributed by atoms with Gasteiger partial charge in [-0.1, -0.05) is 72.8 Å². The molecule has 0 aromatic heterocycles. The van der Waals surface area contributed by atoms with Crippen molar-refractivity contribution >= 4 is 16.8 Å². The van der Waals surface area contributed by atoms with E-state index in [2.05, 4.69) is 92.4 Å². The molecule has 2 aromatic rings. The Kier molecular flexibility index (Phi) is 10.6. The van der Waals surface area contributed by atoms with Crippen LogP contribution < -0.4 is 5.73 Å². The Morgan fingerprint density at radius 1 is 1.00 bits per heavy atom. The molecule has 1 saturated heterocycles. The molecule has 1 aliphatic heterocycles. The summed E-state index contributed by atoms with van der Waals surface area (Å²) in [6.45, 7) is 9.18. The van der Waals surface area contributed by atoms with Gasteiger partial charge >= 0.3 is 0 Å². The highest BCUT2D eigenvalue weighted by Gasteiger charge is 2.22. The fourth-order valence-corrected chi connectivity index (χ4v) is 4.89. The normalized spacial score (nSPS) is 17.0. The maximum atomic E-state index is 9.58. The molecule has 0 amide bonds. The fraction of sp³-hybridized carbons (Fsp3) is 0.375. The van der Waals surface area contributed by atoms with Gasteiger partial charge in [0.05, 0.1) is 0 Å². The first-order valence-corrected chi connectivity index (χ1v) is 13.0. The van der Waals surface area contributed by atoms with E-state index in [0.29, 0.717) is 12.0 Å². The Bertz CT molecular complexity index is 1020. The van der Waals surface area contributed by atoms with Crippen molar-refractivity contribution in [2.45, 2.75) is 52.5 Å². The van der Waals surface area contributed by atoms with Crippen LogP contribution in [0.1, 0.15) is 57.6 Å². The molecule has 2 aromatic carbocycles. The molecule has 1 fully saturated rings. The molecule has 3 rings (SSSR count). The second-order valence-electron chi connectivity index (χ2n) is 9.64. The smallest absolute Gasteiger partial charge is 0.0434 e. The van der Waals surface area contributed by atoms with E-state index >= 15 is 0 Å². The predicted molar refractivity (Wildman–Crippen MR) is 152 cm³/mol. The largest absolute Gasteiger partial charge is 0.399 e. The Morgan fingerprint density at radius 3 is 2.29 bits per heavy atom. The van der Waals surface area contributed by atoms with Crippen molar-refractivity contribution in [3.8, 4) is 0 Å². The van der Waals surface area contributed by atoms with E-state index in [1.807, 2.05) is 18.2 Å². The Morgan fingerprint density at radius 2 is 1.69 bits per heavy atom. The lowest BCUT2D eigenvalue weighted by Gasteiger charge is -2.35. The number of aliphatic hydroxyl groups is 1. The summed E-state index contributed by atoms with van der Waals surface area (Å²) < 4.78 is 0. The molecule has 3 N–H and O–H groups in total. The maximum absolute atomic E-state index is 9.58. The Hall–Kier alpha value is -2.88. The summed E-state index contributed by atoms with van der Waals surface area (Å²) in [5.41, 5.74) is 12.9. The number of nitrogen functional groups attached to an aromatic ring is 1. The lowest BCUT2D eigenvalue weighted by Crippen LogP contribution is -2.38. The van der Waals surface area contributed by atoms with E-state index in [1.54, 1.807) is 0 Å². The molecular weight excluding hydrogens is 428 g/mol. The third-order valence-electron chi connectivity index (χ3n) is 6.90. The van der Waals surface area contributed by atoms with Gasteiger partial charge in [-0.25, -0.2) is 0 Å². The SMILES string of the molecule is C\C=C/C(=C\C=C\C(=C(\CCCO)c1ccccc1)c1ccc(N)cc1)C1CCN(C(C)C)CC1. The van der Waals surface area contributed by atoms with E-state index in [1.165, 1.54) is 35.1 Å². The fourth-order valence-electron chi connectivity index (χ4n) is 4.89. The van der Waals surface area contributed by atoms with Gasteiger partial charge in [0.2, 0.25) is 0 Å². The molecule has 0 saturated carbocycles. The molecule has 1 aliphatic rings. The number of hydrogen-bond donors (Lipinski definition) is 2. The summed E-state index contributed by atoms with van der Waals surface area (Å²) in [5, 5.41) is 9.58. The van der Waals surface area contributed by atoms with Crippen LogP contribution in [0.25, 0.3) is 11.1 Å². The minimum absolute atomic E-state index is 0.176. The first-order valence-electron chi connectivity index (χ1n) is 13.0. The first-order chi connectivity index (χ1) is 17.0. The highest BCUT2D eigenvalue weighted by Crippen LogP contribution is 2.32. The molecular formula is C32H42N2O. The van der Waals surface area contributed by atoms with E-state index in [-0.39, 0.29) is 6.61 Å². The number of allylic oxidation sites excluding steroid dienone is 8. The zero-order valence-corrected chi connectivity index (χ0v) is 21.7. The van der Waals surface area contributed by atoms with Crippen LogP contribution in [-0.4, -0.2) is 35.7 Å². The number of benzene rings is 2. The van der Waals surface area contributed by atoms with E-state index in [0.717, 1.165) is 37.2 Å². The number of nitrogens with two attached hydrogens (primary N) is 1. The van der Waals surface area contributed by atoms with E-state index in [9.17, 15) is 5.11 Å². The molecule has 3 nitrogen and oxygen atoms in total. The van der Waals surface area contributed by atoms with Crippen LogP contribution in [0.15, 0.2) is 90.6 Å². The summed E-state index contributed by atoms with van der Waals surface area (Å²) in [6.07, 6.45) is 15.1. The number of nitrogens with zero attached hydrogens (tertiary/aromatic N) is 1. The van der Waals surface area contributed by atoms with Crippen LogP contribution in [0.2, 0.25) is 0 Å². The summed E-state index contributed by atoms with van der Waals surface area (Å²) in [6, 6.07) is 19.2. The molecule has 186 valence electrons. The van der Waals surface area contributed by atoms with Gasteiger partial charge in [-0.3, -0.25) is 0 Å². The zero-order valence-electron chi connectivity index (χ0n) is 21.7. The quantitative estimate of drug-likeness (QED) is 0.221. The number of rotatable bonds is 10. The number of anilines is 1. The van der Waals surface area contributed by atoms with Gasteiger partial charge in [0.15, 0.2) is 0 Å². The molecule has 0 atom stereocenters. The molecule has 0 bridgehead atoms. The molecule has 35 heavy (non-hydrogen) atoms. The van der Waals surface area contributed by atoms with Gasteiger partial charge in [-0.2, -0.15) is 0 Å². The second kappa shape index (κ2) is 13.9. The second-order valence-corrected chi connectivity index (χ2v) is 9.64. The summed E-state index contributed by atoms with van der Waals surface area (Å²) in [4.78, 5) is 2.58. The van der Waals surface area contributed by atoms with Crippen molar-refractivity contribution in [3.05, 3.63) is 102 Å². The van der Waals surface area contributed by atoms with Crippen molar-refractivity contribution in [1.29, 1.82) is 0 Å².